The summed E-state index contributed by atoms with van der Waals surface area (Å²) in [5.41, 5.74) is 0. The van der Waals surface area contributed by atoms with Gasteiger partial charge in [0, 0.05) is 18.7 Å². The van der Waals surface area contributed by atoms with Crippen molar-refractivity contribution in [1.82, 2.24) is 4.90 Å². The second-order valence-electron chi connectivity index (χ2n) is 4.66. The van der Waals surface area contributed by atoms with Crippen LogP contribution in [0.25, 0.3) is 0 Å². The van der Waals surface area contributed by atoms with Crippen LogP contribution in [0.4, 0.5) is 0 Å². The highest BCUT2D eigenvalue weighted by atomic mass is 16.5. The molecule has 1 heterocycles. The fourth-order valence-corrected chi connectivity index (χ4v) is 2.37. The summed E-state index contributed by atoms with van der Waals surface area (Å²) in [6, 6.07) is 0.854. The second kappa shape index (κ2) is 4.49. The van der Waals surface area contributed by atoms with Crippen LogP contribution in [0.2, 0.25) is 0 Å². The minimum Gasteiger partial charge on any atom is -0.480 e. The van der Waals surface area contributed by atoms with Gasteiger partial charge >= 0.3 is 5.97 Å². The molecule has 0 aromatic rings. The van der Waals surface area contributed by atoms with E-state index in [-0.39, 0.29) is 6.54 Å². The highest BCUT2D eigenvalue weighted by Gasteiger charge is 2.37. The quantitative estimate of drug-likeness (QED) is 0.739. The monoisotopic (exact) mass is 213 g/mol. The van der Waals surface area contributed by atoms with Crippen molar-refractivity contribution in [3.05, 3.63) is 0 Å². The predicted octanol–water partition coefficient (Wildman–Crippen LogP) is 0.960. The second-order valence-corrected chi connectivity index (χ2v) is 4.66. The molecule has 1 N–H and O–H groups in total. The van der Waals surface area contributed by atoms with Gasteiger partial charge in [0.05, 0.1) is 13.2 Å². The molecule has 2 unspecified atom stereocenters. The molecule has 0 bridgehead atoms. The lowest BCUT2D eigenvalue weighted by Gasteiger charge is -2.31. The van der Waals surface area contributed by atoms with E-state index < -0.39 is 5.97 Å². The molecule has 15 heavy (non-hydrogen) atoms. The predicted molar refractivity (Wildman–Crippen MR) is 55.8 cm³/mol. The van der Waals surface area contributed by atoms with Gasteiger partial charge in [-0.1, -0.05) is 0 Å². The number of aliphatic carboxylic acids is 1. The first-order chi connectivity index (χ1) is 7.18. The maximum atomic E-state index is 10.8. The summed E-state index contributed by atoms with van der Waals surface area (Å²) in [5.74, 6) is -0.197. The van der Waals surface area contributed by atoms with Crippen molar-refractivity contribution in [1.29, 1.82) is 0 Å². The summed E-state index contributed by atoms with van der Waals surface area (Å²) in [4.78, 5) is 12.9. The fourth-order valence-electron chi connectivity index (χ4n) is 2.37. The van der Waals surface area contributed by atoms with Crippen LogP contribution in [-0.4, -0.2) is 47.8 Å². The number of carbonyl (C=O) groups is 1. The summed E-state index contributed by atoms with van der Waals surface area (Å²) >= 11 is 0. The summed E-state index contributed by atoms with van der Waals surface area (Å²) in [6.45, 7) is 3.95. The Morgan fingerprint density at radius 2 is 2.27 bits per heavy atom. The maximum Gasteiger partial charge on any atom is 0.317 e. The molecule has 1 saturated carbocycles. The van der Waals surface area contributed by atoms with Gasteiger partial charge in [0.25, 0.3) is 0 Å². The number of nitrogens with zero attached hydrogens (tertiary/aromatic N) is 1. The lowest BCUT2D eigenvalue weighted by atomic mass is 9.99. The van der Waals surface area contributed by atoms with Gasteiger partial charge in [-0.15, -0.1) is 0 Å². The van der Waals surface area contributed by atoms with Gasteiger partial charge in [0.1, 0.15) is 0 Å². The van der Waals surface area contributed by atoms with Gasteiger partial charge in [-0.25, -0.2) is 0 Å². The van der Waals surface area contributed by atoms with Gasteiger partial charge in [-0.05, 0) is 32.1 Å². The van der Waals surface area contributed by atoms with Crippen LogP contribution in [0.1, 0.15) is 26.2 Å². The van der Waals surface area contributed by atoms with E-state index in [4.69, 9.17) is 9.84 Å². The van der Waals surface area contributed by atoms with Crippen molar-refractivity contribution >= 4 is 5.97 Å². The van der Waals surface area contributed by atoms with Crippen molar-refractivity contribution < 1.29 is 14.6 Å². The van der Waals surface area contributed by atoms with Crippen LogP contribution in [0.5, 0.6) is 0 Å². The molecule has 0 radical (unpaired) electrons. The largest absolute Gasteiger partial charge is 0.480 e. The van der Waals surface area contributed by atoms with Gasteiger partial charge < -0.3 is 9.84 Å². The van der Waals surface area contributed by atoms with Crippen LogP contribution in [0.3, 0.4) is 0 Å². The Balaban J connectivity index is 1.93. The zero-order chi connectivity index (χ0) is 10.8. The van der Waals surface area contributed by atoms with Crippen molar-refractivity contribution in [3.8, 4) is 0 Å². The van der Waals surface area contributed by atoms with E-state index in [0.29, 0.717) is 18.0 Å². The van der Waals surface area contributed by atoms with E-state index in [0.717, 1.165) is 32.5 Å². The molecule has 2 atom stereocenters. The number of carboxylic acid groups (broad SMARTS) is 1. The van der Waals surface area contributed by atoms with Crippen molar-refractivity contribution in [2.24, 2.45) is 5.92 Å². The average molecular weight is 213 g/mol. The highest BCUT2D eigenvalue weighted by molar-refractivity contribution is 5.69. The molecule has 4 heteroatoms. The third-order valence-corrected chi connectivity index (χ3v) is 3.50. The molecule has 1 aliphatic heterocycles. The Kier molecular flexibility index (Phi) is 3.26. The zero-order valence-corrected chi connectivity index (χ0v) is 9.19. The van der Waals surface area contributed by atoms with Gasteiger partial charge in [-0.3, -0.25) is 9.69 Å². The van der Waals surface area contributed by atoms with Crippen molar-refractivity contribution in [2.45, 2.75) is 38.3 Å². The summed E-state index contributed by atoms with van der Waals surface area (Å²) in [5, 5.41) is 8.88. The summed E-state index contributed by atoms with van der Waals surface area (Å²) in [6.07, 6.45) is 3.39. The molecule has 2 rings (SSSR count). The van der Waals surface area contributed by atoms with E-state index >= 15 is 0 Å². The van der Waals surface area contributed by atoms with Crippen LogP contribution < -0.4 is 0 Å². The standard InChI is InChI=1S/C11H19NO3/c1-8(9-4-5-15-7-9)12(6-11(13)14)10-2-3-10/h8-10H,2-7H2,1H3,(H,13,14). The Morgan fingerprint density at radius 1 is 1.53 bits per heavy atom. The summed E-state index contributed by atoms with van der Waals surface area (Å²) in [7, 11) is 0. The lowest BCUT2D eigenvalue weighted by Crippen LogP contribution is -2.43. The molecule has 2 aliphatic rings. The number of hydrogen-bond acceptors (Lipinski definition) is 3. The van der Waals surface area contributed by atoms with Crippen molar-refractivity contribution in [3.63, 3.8) is 0 Å². The Bertz CT molecular complexity index is 234. The zero-order valence-electron chi connectivity index (χ0n) is 9.19. The Morgan fingerprint density at radius 3 is 2.73 bits per heavy atom. The molecule has 1 aliphatic carbocycles. The Hall–Kier alpha value is -0.610. The molecule has 0 aromatic heterocycles. The number of hydrogen-bond donors (Lipinski definition) is 1. The molecular weight excluding hydrogens is 194 g/mol. The number of ether oxygens (including phenoxy) is 1. The average Bonchev–Trinajstić information content (AvgIpc) is 2.88. The van der Waals surface area contributed by atoms with Crippen LogP contribution in [0.15, 0.2) is 0 Å². The van der Waals surface area contributed by atoms with Crippen LogP contribution >= 0.6 is 0 Å². The minimum atomic E-state index is -0.715. The highest BCUT2D eigenvalue weighted by Crippen LogP contribution is 2.32. The molecule has 2 fully saturated rings. The van der Waals surface area contributed by atoms with E-state index in [1.807, 2.05) is 0 Å². The first kappa shape index (κ1) is 10.9. The van der Waals surface area contributed by atoms with E-state index in [2.05, 4.69) is 11.8 Å². The molecular formula is C11H19NO3. The van der Waals surface area contributed by atoms with E-state index in [9.17, 15) is 4.79 Å². The van der Waals surface area contributed by atoms with Crippen LogP contribution in [-0.2, 0) is 9.53 Å². The van der Waals surface area contributed by atoms with E-state index in [1.54, 1.807) is 0 Å². The number of rotatable bonds is 5. The maximum absolute atomic E-state index is 10.8. The van der Waals surface area contributed by atoms with Gasteiger partial charge in [-0.2, -0.15) is 0 Å². The molecule has 0 spiro atoms. The van der Waals surface area contributed by atoms with Gasteiger partial charge in [0.2, 0.25) is 0 Å². The first-order valence-electron chi connectivity index (χ1n) is 5.73. The third-order valence-electron chi connectivity index (χ3n) is 3.50. The molecule has 0 amide bonds. The molecule has 86 valence electrons. The topological polar surface area (TPSA) is 49.8 Å². The van der Waals surface area contributed by atoms with Gasteiger partial charge in [0.15, 0.2) is 0 Å². The Labute approximate surface area is 90.2 Å². The van der Waals surface area contributed by atoms with Crippen LogP contribution in [0, 0.1) is 5.92 Å². The smallest absolute Gasteiger partial charge is 0.317 e. The SMILES string of the molecule is CC(C1CCOC1)N(CC(=O)O)C1CC1. The minimum absolute atomic E-state index is 0.183. The summed E-state index contributed by atoms with van der Waals surface area (Å²) < 4.78 is 5.36. The molecule has 1 saturated heterocycles. The lowest BCUT2D eigenvalue weighted by molar-refractivity contribution is -0.139. The number of carboxylic acids is 1. The van der Waals surface area contributed by atoms with E-state index in [1.165, 1.54) is 0 Å². The first-order valence-corrected chi connectivity index (χ1v) is 5.73. The van der Waals surface area contributed by atoms with Crippen molar-refractivity contribution in [2.75, 3.05) is 19.8 Å². The molecule has 0 aromatic carbocycles. The fraction of sp³-hybridized carbons (Fsp3) is 0.909. The third kappa shape index (κ3) is 2.69. The normalized spacial score (nSPS) is 28.3. The molecule has 4 nitrogen and oxygen atoms in total.